The normalized spacial score (nSPS) is 10.9. The fourth-order valence-electron chi connectivity index (χ4n) is 7.56. The molecule has 0 amide bonds. The Hall–Kier alpha value is -7.06. The Morgan fingerprint density at radius 1 is 0.190 bits per heavy atom. The second-order valence-corrected chi connectivity index (χ2v) is 18.6. The summed E-state index contributed by atoms with van der Waals surface area (Å²) >= 11 is -2.26. The van der Waals surface area contributed by atoms with Gasteiger partial charge in [-0.15, -0.1) is 0 Å². The van der Waals surface area contributed by atoms with Gasteiger partial charge in [-0.1, -0.05) is 0 Å². The van der Waals surface area contributed by atoms with Crippen LogP contribution in [0.1, 0.15) is 0 Å². The van der Waals surface area contributed by atoms with Crippen molar-refractivity contribution in [2.45, 2.75) is 0 Å². The molecule has 0 bridgehead atoms. The van der Waals surface area contributed by atoms with Crippen molar-refractivity contribution in [1.82, 2.24) is 0 Å². The maximum absolute atomic E-state index is 2.43. The third-order valence-electron chi connectivity index (χ3n) is 10.1. The van der Waals surface area contributed by atoms with E-state index in [-0.39, 0.29) is 0 Å². The number of hydrogen-bond donors (Lipinski definition) is 0. The van der Waals surface area contributed by atoms with Crippen molar-refractivity contribution < 1.29 is 0 Å². The van der Waals surface area contributed by atoms with Gasteiger partial charge in [0, 0.05) is 0 Å². The van der Waals surface area contributed by atoms with Gasteiger partial charge in [-0.05, 0) is 0 Å². The van der Waals surface area contributed by atoms with Crippen molar-refractivity contribution in [3.8, 4) is 0 Å². The Balaban J connectivity index is 1.23. The molecule has 0 radical (unpaired) electrons. The molecule has 278 valence electrons. The van der Waals surface area contributed by atoms with Crippen molar-refractivity contribution in [2.24, 2.45) is 0 Å². The Labute approximate surface area is 346 Å². The van der Waals surface area contributed by atoms with Gasteiger partial charge in [-0.25, -0.2) is 0 Å². The topological polar surface area (TPSA) is 9.72 Å². The van der Waals surface area contributed by atoms with Gasteiger partial charge in [0.05, 0.1) is 0 Å². The van der Waals surface area contributed by atoms with Crippen LogP contribution in [0.5, 0.6) is 0 Å². The molecule has 58 heavy (non-hydrogen) atoms. The third kappa shape index (κ3) is 7.95. The summed E-state index contributed by atoms with van der Waals surface area (Å²) in [6.45, 7) is 0. The van der Waals surface area contributed by atoms with Crippen LogP contribution in [0, 0.1) is 0 Å². The molecule has 0 fully saturated rings. The minimum absolute atomic E-state index is 1.12. The number of nitrogens with zero attached hydrogens (tertiary/aromatic N) is 3. The third-order valence-corrected chi connectivity index (χ3v) is 15.1. The van der Waals surface area contributed by atoms with Gasteiger partial charge < -0.3 is 0 Å². The van der Waals surface area contributed by atoms with Crippen molar-refractivity contribution in [2.75, 3.05) is 14.7 Å². The van der Waals surface area contributed by atoms with Gasteiger partial charge in [-0.2, -0.15) is 0 Å². The first-order valence-electron chi connectivity index (χ1n) is 19.6. The second-order valence-electron chi connectivity index (χ2n) is 13.9. The van der Waals surface area contributed by atoms with E-state index >= 15 is 0 Å². The van der Waals surface area contributed by atoms with E-state index in [2.05, 4.69) is 269 Å². The Morgan fingerprint density at radius 3 is 0.586 bits per heavy atom. The van der Waals surface area contributed by atoms with Crippen LogP contribution in [0.4, 0.5) is 51.2 Å². The molecule has 0 aromatic heterocycles. The van der Waals surface area contributed by atoms with Crippen LogP contribution in [0.3, 0.4) is 0 Å². The van der Waals surface area contributed by atoms with Crippen LogP contribution in [0.15, 0.2) is 255 Å². The summed E-state index contributed by atoms with van der Waals surface area (Å²) in [6, 6.07) is 91.8. The zero-order valence-electron chi connectivity index (χ0n) is 32.0. The minimum atomic E-state index is -2.26. The molecule has 9 rings (SSSR count). The average molecular weight is 808 g/mol. The average Bonchev–Trinajstić information content (AvgIpc) is 3.30. The molecule has 0 aliphatic carbocycles. The van der Waals surface area contributed by atoms with E-state index in [1.165, 1.54) is 13.1 Å². The van der Waals surface area contributed by atoms with Gasteiger partial charge in [-0.3, -0.25) is 0 Å². The maximum atomic E-state index is 2.43. The van der Waals surface area contributed by atoms with Crippen LogP contribution in [-0.4, -0.2) is 14.7 Å². The first-order valence-corrected chi connectivity index (χ1v) is 22.4. The summed E-state index contributed by atoms with van der Waals surface area (Å²) in [4.78, 5) is 7.09. The van der Waals surface area contributed by atoms with E-state index in [1.54, 1.807) is 0 Å². The number of anilines is 9. The first-order chi connectivity index (χ1) is 28.8. The quantitative estimate of drug-likeness (QED) is 0.114. The molecule has 0 unspecified atom stereocenters. The fourth-order valence-corrected chi connectivity index (χ4v) is 12.6. The summed E-state index contributed by atoms with van der Waals surface area (Å²) in [7, 11) is 0. The molecule has 9 aromatic carbocycles. The Morgan fingerprint density at radius 2 is 0.379 bits per heavy atom. The van der Waals surface area contributed by atoms with E-state index in [0.717, 1.165) is 51.2 Å². The van der Waals surface area contributed by atoms with Crippen LogP contribution in [0.25, 0.3) is 0 Å². The molecule has 0 aliphatic rings. The van der Waals surface area contributed by atoms with Crippen LogP contribution in [0.2, 0.25) is 0 Å². The van der Waals surface area contributed by atoms with E-state index in [4.69, 9.17) is 0 Å². The monoisotopic (exact) mass is 807 g/mol. The van der Waals surface area contributed by atoms with Crippen molar-refractivity contribution in [3.63, 3.8) is 0 Å². The summed E-state index contributed by atoms with van der Waals surface area (Å²) in [5, 5.41) is 0. The molecule has 3 nitrogen and oxygen atoms in total. The molecule has 0 saturated heterocycles. The number of rotatable bonds is 12. The fraction of sp³-hybridized carbons (Fsp3) is 0. The summed E-state index contributed by atoms with van der Waals surface area (Å²) < 4.78 is 4.02. The first kappa shape index (κ1) is 36.6. The Bertz CT molecular complexity index is 2260. The number of benzene rings is 9. The van der Waals surface area contributed by atoms with Crippen LogP contribution >= 0.6 is 0 Å². The van der Waals surface area contributed by atoms with E-state index in [9.17, 15) is 0 Å². The van der Waals surface area contributed by atoms with Crippen molar-refractivity contribution >= 4 is 78.9 Å². The molecule has 0 heterocycles. The molecule has 0 saturated carbocycles. The summed E-state index contributed by atoms with van der Waals surface area (Å²) in [6.07, 6.45) is 0. The van der Waals surface area contributed by atoms with Gasteiger partial charge in [0.1, 0.15) is 0 Å². The molecule has 0 spiro atoms. The van der Waals surface area contributed by atoms with Crippen LogP contribution in [-0.2, 0) is 0 Å². The molecule has 0 aliphatic heterocycles. The standard InChI is InChI=1S/C54H42AsN3/c1-7-25-46(26-8-1)56(47-27-9-2-10-28-47)52-37-19-22-43(40-52)55(44-23-20-38-53(41-44)57(48-29-11-3-12-30-48)49-31-13-4-14-32-49)45-24-21-39-54(42-45)58(50-33-15-5-16-34-50)51-35-17-6-18-36-51/h1-42H. The van der Waals surface area contributed by atoms with Gasteiger partial charge in [0.25, 0.3) is 0 Å². The predicted molar refractivity (Wildman–Crippen MR) is 248 cm³/mol. The van der Waals surface area contributed by atoms with Gasteiger partial charge >= 0.3 is 348 Å². The molecule has 0 N–H and O–H groups in total. The van der Waals surface area contributed by atoms with Crippen LogP contribution < -0.4 is 27.8 Å². The van der Waals surface area contributed by atoms with Crippen molar-refractivity contribution in [3.05, 3.63) is 255 Å². The molecular formula is C54H42AsN3. The molecule has 0 atom stereocenters. The zero-order chi connectivity index (χ0) is 38.9. The SMILES string of the molecule is c1ccc(N(c2ccccc2)c2cccc([As](c3cccc(N(c4ccccc4)c4ccccc4)c3)c3cccc(N(c4ccccc4)c4ccccc4)c3)c2)cc1. The van der Waals surface area contributed by atoms with Gasteiger partial charge in [0.2, 0.25) is 0 Å². The van der Waals surface area contributed by atoms with E-state index < -0.39 is 14.7 Å². The summed E-state index contributed by atoms with van der Waals surface area (Å²) in [5.41, 5.74) is 10.1. The zero-order valence-corrected chi connectivity index (χ0v) is 33.9. The van der Waals surface area contributed by atoms with Crippen molar-refractivity contribution in [1.29, 1.82) is 0 Å². The van der Waals surface area contributed by atoms with E-state index in [0.29, 0.717) is 0 Å². The summed E-state index contributed by atoms with van der Waals surface area (Å²) in [5.74, 6) is 0. The molecule has 9 aromatic rings. The molecule has 4 heteroatoms. The van der Waals surface area contributed by atoms with E-state index in [1.807, 2.05) is 0 Å². The number of hydrogen-bond acceptors (Lipinski definition) is 3. The number of para-hydroxylation sites is 6. The predicted octanol–water partition coefficient (Wildman–Crippen LogP) is 12.6. The van der Waals surface area contributed by atoms with Gasteiger partial charge in [0.15, 0.2) is 0 Å². The molecular weight excluding hydrogens is 766 g/mol. The Kier molecular flexibility index (Phi) is 11.0. The second kappa shape index (κ2) is 17.4.